The Labute approximate surface area is 126 Å². The van der Waals surface area contributed by atoms with Gasteiger partial charge in [-0.25, -0.2) is 0 Å². The molecule has 0 spiro atoms. The molecule has 2 nitrogen and oxygen atoms in total. The van der Waals surface area contributed by atoms with Crippen molar-refractivity contribution < 1.29 is 5.11 Å². The topological polar surface area (TPSA) is 23.5 Å². The summed E-state index contributed by atoms with van der Waals surface area (Å²) in [7, 11) is 0. The molecule has 3 heteroatoms. The van der Waals surface area contributed by atoms with Gasteiger partial charge in [-0.2, -0.15) is 0 Å². The van der Waals surface area contributed by atoms with E-state index in [9.17, 15) is 5.11 Å². The monoisotopic (exact) mass is 327 g/mol. The number of aliphatic hydroxyl groups is 1. The molecule has 0 bridgehead atoms. The Morgan fingerprint density at radius 3 is 1.95 bits per heavy atom. The summed E-state index contributed by atoms with van der Waals surface area (Å²) >= 11 is 3.64. The van der Waals surface area contributed by atoms with E-state index in [1.165, 1.54) is 5.69 Å². The maximum absolute atomic E-state index is 9.63. The predicted molar refractivity (Wildman–Crippen MR) is 86.7 cm³/mol. The van der Waals surface area contributed by atoms with E-state index in [0.29, 0.717) is 11.8 Å². The molecular weight excluding hydrogens is 302 g/mol. The Morgan fingerprint density at radius 1 is 1.05 bits per heavy atom. The van der Waals surface area contributed by atoms with Crippen LogP contribution >= 0.6 is 15.9 Å². The third kappa shape index (κ3) is 5.15. The molecule has 1 N–H and O–H groups in total. The number of rotatable bonds is 6. The molecule has 0 fully saturated rings. The van der Waals surface area contributed by atoms with Crippen molar-refractivity contribution in [3.8, 4) is 0 Å². The first-order valence-corrected chi connectivity index (χ1v) is 7.83. The van der Waals surface area contributed by atoms with Crippen LogP contribution in [0.4, 0.5) is 5.69 Å². The van der Waals surface area contributed by atoms with Gasteiger partial charge in [-0.15, -0.1) is 0 Å². The second-order valence-electron chi connectivity index (χ2n) is 6.08. The maximum Gasteiger partial charge on any atom is 0.0762 e. The minimum Gasteiger partial charge on any atom is -0.389 e. The molecule has 1 atom stereocenters. The molecule has 1 aromatic rings. The van der Waals surface area contributed by atoms with Crippen LogP contribution in [0.1, 0.15) is 46.3 Å². The van der Waals surface area contributed by atoms with E-state index in [-0.39, 0.29) is 0 Å². The SMILES string of the molecule is CC(C)CN(CC(C)C)c1ccc([C@@H](C)O)cc1Br. The summed E-state index contributed by atoms with van der Waals surface area (Å²) in [6.45, 7) is 12.9. The molecule has 1 aromatic carbocycles. The second kappa shape index (κ2) is 7.30. The lowest BCUT2D eigenvalue weighted by Crippen LogP contribution is -2.31. The minimum absolute atomic E-state index is 0.422. The van der Waals surface area contributed by atoms with Crippen LogP contribution < -0.4 is 4.90 Å². The zero-order chi connectivity index (χ0) is 14.6. The van der Waals surface area contributed by atoms with Crippen LogP contribution in [0.25, 0.3) is 0 Å². The summed E-state index contributed by atoms with van der Waals surface area (Å²) in [6.07, 6.45) is -0.422. The van der Waals surface area contributed by atoms with Gasteiger partial charge in [0.2, 0.25) is 0 Å². The highest BCUT2D eigenvalue weighted by atomic mass is 79.9. The Morgan fingerprint density at radius 2 is 1.58 bits per heavy atom. The molecule has 0 unspecified atom stereocenters. The molecule has 19 heavy (non-hydrogen) atoms. The lowest BCUT2D eigenvalue weighted by molar-refractivity contribution is 0.199. The fraction of sp³-hybridized carbons (Fsp3) is 0.625. The Hall–Kier alpha value is -0.540. The summed E-state index contributed by atoms with van der Waals surface area (Å²) in [5, 5.41) is 9.63. The molecule has 108 valence electrons. The van der Waals surface area contributed by atoms with E-state index in [4.69, 9.17) is 0 Å². The number of aliphatic hydroxyl groups excluding tert-OH is 1. The molecule has 0 amide bonds. The van der Waals surface area contributed by atoms with E-state index in [0.717, 1.165) is 23.1 Å². The molecule has 0 saturated heterocycles. The molecule has 0 aliphatic carbocycles. The molecule has 0 aliphatic rings. The van der Waals surface area contributed by atoms with Crippen molar-refractivity contribution in [2.24, 2.45) is 11.8 Å². The van der Waals surface area contributed by atoms with Gasteiger partial charge in [-0.05, 0) is 52.4 Å². The van der Waals surface area contributed by atoms with Gasteiger partial charge in [0.05, 0.1) is 11.8 Å². The average molecular weight is 328 g/mol. The van der Waals surface area contributed by atoms with Crippen LogP contribution in [-0.2, 0) is 0 Å². The van der Waals surface area contributed by atoms with Crippen LogP contribution in [0.2, 0.25) is 0 Å². The van der Waals surface area contributed by atoms with Crippen LogP contribution in [0.5, 0.6) is 0 Å². The fourth-order valence-electron chi connectivity index (χ4n) is 2.19. The quantitative estimate of drug-likeness (QED) is 0.823. The van der Waals surface area contributed by atoms with Crippen molar-refractivity contribution in [2.75, 3.05) is 18.0 Å². The smallest absolute Gasteiger partial charge is 0.0762 e. The van der Waals surface area contributed by atoms with Gasteiger partial charge in [0.25, 0.3) is 0 Å². The summed E-state index contributed by atoms with van der Waals surface area (Å²) < 4.78 is 1.06. The molecule has 0 heterocycles. The van der Waals surface area contributed by atoms with Crippen LogP contribution in [0.3, 0.4) is 0 Å². The highest BCUT2D eigenvalue weighted by Crippen LogP contribution is 2.30. The van der Waals surface area contributed by atoms with Gasteiger partial charge in [0, 0.05) is 17.6 Å². The average Bonchev–Trinajstić information content (AvgIpc) is 2.26. The molecule has 0 radical (unpaired) electrons. The van der Waals surface area contributed by atoms with Gasteiger partial charge in [0.15, 0.2) is 0 Å². The van der Waals surface area contributed by atoms with Gasteiger partial charge in [0.1, 0.15) is 0 Å². The maximum atomic E-state index is 9.63. The minimum atomic E-state index is -0.422. The first-order chi connectivity index (χ1) is 8.81. The normalized spacial score (nSPS) is 13.1. The van der Waals surface area contributed by atoms with Crippen LogP contribution in [0.15, 0.2) is 22.7 Å². The van der Waals surface area contributed by atoms with Crippen LogP contribution in [-0.4, -0.2) is 18.2 Å². The van der Waals surface area contributed by atoms with Crippen molar-refractivity contribution >= 4 is 21.6 Å². The van der Waals surface area contributed by atoms with Crippen molar-refractivity contribution in [1.82, 2.24) is 0 Å². The van der Waals surface area contributed by atoms with Crippen LogP contribution in [0, 0.1) is 11.8 Å². The number of anilines is 1. The van der Waals surface area contributed by atoms with Gasteiger partial charge < -0.3 is 10.0 Å². The highest BCUT2D eigenvalue weighted by Gasteiger charge is 2.14. The zero-order valence-electron chi connectivity index (χ0n) is 12.7. The van der Waals surface area contributed by atoms with Crippen molar-refractivity contribution in [3.05, 3.63) is 28.2 Å². The zero-order valence-corrected chi connectivity index (χ0v) is 14.2. The first-order valence-electron chi connectivity index (χ1n) is 7.03. The van der Waals surface area contributed by atoms with Crippen molar-refractivity contribution in [1.29, 1.82) is 0 Å². The second-order valence-corrected chi connectivity index (χ2v) is 6.93. The molecule has 0 aliphatic heterocycles. The van der Waals surface area contributed by atoms with E-state index in [1.807, 2.05) is 12.1 Å². The fourth-order valence-corrected chi connectivity index (χ4v) is 2.84. The Balaban J connectivity index is 3.01. The largest absolute Gasteiger partial charge is 0.389 e. The third-order valence-electron chi connectivity index (χ3n) is 2.97. The first kappa shape index (κ1) is 16.5. The van der Waals surface area contributed by atoms with Crippen molar-refractivity contribution in [2.45, 2.75) is 40.7 Å². The molecule has 0 aromatic heterocycles. The van der Waals surface area contributed by atoms with Gasteiger partial charge in [-0.1, -0.05) is 33.8 Å². The number of halogens is 1. The molecule has 0 saturated carbocycles. The van der Waals surface area contributed by atoms with Gasteiger partial charge in [-0.3, -0.25) is 0 Å². The number of hydrogen-bond donors (Lipinski definition) is 1. The Bertz CT molecular complexity index is 392. The van der Waals surface area contributed by atoms with E-state index in [1.54, 1.807) is 6.92 Å². The number of nitrogens with zero attached hydrogens (tertiary/aromatic N) is 1. The molecule has 1 rings (SSSR count). The summed E-state index contributed by atoms with van der Waals surface area (Å²) in [5.74, 6) is 1.25. The number of hydrogen-bond acceptors (Lipinski definition) is 2. The summed E-state index contributed by atoms with van der Waals surface area (Å²) in [4.78, 5) is 2.42. The Kier molecular flexibility index (Phi) is 6.34. The van der Waals surface area contributed by atoms with E-state index < -0.39 is 6.10 Å². The van der Waals surface area contributed by atoms with E-state index >= 15 is 0 Å². The lowest BCUT2D eigenvalue weighted by Gasteiger charge is -2.29. The third-order valence-corrected chi connectivity index (χ3v) is 3.60. The van der Waals surface area contributed by atoms with E-state index in [2.05, 4.69) is 54.6 Å². The summed E-state index contributed by atoms with van der Waals surface area (Å²) in [6, 6.07) is 6.14. The predicted octanol–water partition coefficient (Wildman–Crippen LogP) is 4.62. The van der Waals surface area contributed by atoms with Gasteiger partial charge >= 0.3 is 0 Å². The standard InChI is InChI=1S/C16H26BrNO/c1-11(2)9-18(10-12(3)4)16-7-6-14(13(5)19)8-15(16)17/h6-8,11-13,19H,9-10H2,1-5H3/t13-/m1/s1. The lowest BCUT2D eigenvalue weighted by atomic mass is 10.1. The van der Waals surface area contributed by atoms with Crippen molar-refractivity contribution in [3.63, 3.8) is 0 Å². The highest BCUT2D eigenvalue weighted by molar-refractivity contribution is 9.10. The summed E-state index contributed by atoms with van der Waals surface area (Å²) in [5.41, 5.74) is 2.16. The number of benzene rings is 1. The molecular formula is C16H26BrNO.